The molecular weight excluding hydrogens is 380 g/mol. The summed E-state index contributed by atoms with van der Waals surface area (Å²) in [6.45, 7) is 9.18. The van der Waals surface area contributed by atoms with Crippen molar-refractivity contribution >= 4 is 11.9 Å². The minimum Gasteiger partial charge on any atom is -0.493 e. The Bertz CT molecular complexity index is 842. The van der Waals surface area contributed by atoms with E-state index >= 15 is 0 Å². The van der Waals surface area contributed by atoms with Gasteiger partial charge in [0.15, 0.2) is 17.5 Å². The molecule has 0 saturated carbocycles. The lowest BCUT2D eigenvalue weighted by Crippen LogP contribution is -2.48. The molecule has 0 spiro atoms. The van der Waals surface area contributed by atoms with E-state index in [-0.39, 0.29) is 18.0 Å². The Morgan fingerprint density at radius 3 is 2.27 bits per heavy atom. The van der Waals surface area contributed by atoms with Crippen LogP contribution in [0.15, 0.2) is 53.5 Å². The summed E-state index contributed by atoms with van der Waals surface area (Å²) in [5.41, 5.74) is 0.765. The van der Waals surface area contributed by atoms with Gasteiger partial charge in [0.25, 0.3) is 0 Å². The Morgan fingerprint density at radius 2 is 1.67 bits per heavy atom. The van der Waals surface area contributed by atoms with E-state index in [2.05, 4.69) is 20.9 Å². The van der Waals surface area contributed by atoms with Crippen LogP contribution in [0.25, 0.3) is 0 Å². The summed E-state index contributed by atoms with van der Waals surface area (Å²) in [4.78, 5) is 16.5. The number of hydrogen-bond donors (Lipinski definition) is 3. The van der Waals surface area contributed by atoms with Gasteiger partial charge in [-0.15, -0.1) is 0 Å². The molecule has 0 atom stereocenters. The minimum atomic E-state index is -0.262. The average molecular weight is 413 g/mol. The molecule has 3 N–H and O–H groups in total. The Labute approximate surface area is 178 Å². The van der Waals surface area contributed by atoms with E-state index in [0.29, 0.717) is 30.5 Å². The van der Waals surface area contributed by atoms with Crippen molar-refractivity contribution in [2.75, 3.05) is 20.2 Å². The van der Waals surface area contributed by atoms with E-state index in [1.165, 1.54) is 0 Å². The van der Waals surface area contributed by atoms with Crippen LogP contribution in [0.2, 0.25) is 0 Å². The van der Waals surface area contributed by atoms with Gasteiger partial charge in [0, 0.05) is 12.1 Å². The molecule has 0 aliphatic heterocycles. The fourth-order valence-electron chi connectivity index (χ4n) is 2.63. The number of methoxy groups -OCH3 is 1. The normalized spacial score (nSPS) is 11.6. The molecular formula is C23H32N4O3. The van der Waals surface area contributed by atoms with Gasteiger partial charge in [-0.25, -0.2) is 4.99 Å². The first-order valence-electron chi connectivity index (χ1n) is 10.0. The largest absolute Gasteiger partial charge is 0.493 e. The predicted octanol–water partition coefficient (Wildman–Crippen LogP) is 3.46. The molecule has 7 heteroatoms. The molecule has 2 aromatic rings. The topological polar surface area (TPSA) is 84.0 Å². The zero-order chi connectivity index (χ0) is 22.0. The molecule has 0 radical (unpaired) electrons. The summed E-state index contributed by atoms with van der Waals surface area (Å²) in [6.07, 6.45) is 0. The van der Waals surface area contributed by atoms with E-state index in [1.54, 1.807) is 7.11 Å². The van der Waals surface area contributed by atoms with Crippen LogP contribution < -0.4 is 25.4 Å². The third-order valence-electron chi connectivity index (χ3n) is 3.92. The zero-order valence-electron chi connectivity index (χ0n) is 18.4. The van der Waals surface area contributed by atoms with Crippen LogP contribution in [0.1, 0.15) is 33.3 Å². The molecule has 30 heavy (non-hydrogen) atoms. The molecule has 0 saturated heterocycles. The number of rotatable bonds is 8. The highest BCUT2D eigenvalue weighted by Crippen LogP contribution is 2.30. The molecule has 2 rings (SSSR count). The molecule has 2 aromatic carbocycles. The number of carbonyl (C=O) groups is 1. The Morgan fingerprint density at radius 1 is 1.00 bits per heavy atom. The van der Waals surface area contributed by atoms with Gasteiger partial charge in [-0.2, -0.15) is 0 Å². The Hall–Kier alpha value is -3.22. The summed E-state index contributed by atoms with van der Waals surface area (Å²) >= 11 is 0. The minimum absolute atomic E-state index is 0.0778. The quantitative estimate of drug-likeness (QED) is 0.457. The van der Waals surface area contributed by atoms with Crippen molar-refractivity contribution in [2.24, 2.45) is 4.99 Å². The average Bonchev–Trinajstić information content (AvgIpc) is 2.70. The number of aliphatic imine (C=N–C) groups is 1. The number of para-hydroxylation sites is 2. The van der Waals surface area contributed by atoms with Gasteiger partial charge < -0.3 is 25.4 Å². The molecule has 1 amide bonds. The van der Waals surface area contributed by atoms with Gasteiger partial charge in [-0.1, -0.05) is 24.3 Å². The number of benzene rings is 2. The van der Waals surface area contributed by atoms with Crippen molar-refractivity contribution in [1.29, 1.82) is 0 Å². The highest BCUT2D eigenvalue weighted by atomic mass is 16.5. The fraction of sp³-hybridized carbons (Fsp3) is 0.391. The van der Waals surface area contributed by atoms with Gasteiger partial charge in [0.05, 0.1) is 20.2 Å². The summed E-state index contributed by atoms with van der Waals surface area (Å²) in [7, 11) is 1.62. The van der Waals surface area contributed by atoms with E-state index < -0.39 is 0 Å². The number of amides is 1. The first kappa shape index (κ1) is 23.1. The monoisotopic (exact) mass is 412 g/mol. The van der Waals surface area contributed by atoms with Gasteiger partial charge in [-0.3, -0.25) is 4.79 Å². The van der Waals surface area contributed by atoms with Crippen LogP contribution in [0.4, 0.5) is 0 Å². The molecule has 0 aliphatic carbocycles. The van der Waals surface area contributed by atoms with Crippen LogP contribution in [0.3, 0.4) is 0 Å². The number of ether oxygens (including phenoxy) is 2. The second kappa shape index (κ2) is 11.1. The van der Waals surface area contributed by atoms with E-state index in [9.17, 15) is 4.79 Å². The van der Waals surface area contributed by atoms with Gasteiger partial charge >= 0.3 is 0 Å². The molecule has 0 heterocycles. The second-order valence-corrected chi connectivity index (χ2v) is 7.74. The van der Waals surface area contributed by atoms with Crippen molar-refractivity contribution in [2.45, 2.75) is 39.8 Å². The van der Waals surface area contributed by atoms with Crippen molar-refractivity contribution in [3.8, 4) is 17.2 Å². The molecule has 0 fully saturated rings. The number of hydrogen-bond acceptors (Lipinski definition) is 4. The molecule has 0 unspecified atom stereocenters. The Kier molecular flexibility index (Phi) is 8.53. The maximum absolute atomic E-state index is 12.0. The summed E-state index contributed by atoms with van der Waals surface area (Å²) in [5.74, 6) is 2.58. The van der Waals surface area contributed by atoms with E-state index in [0.717, 1.165) is 11.3 Å². The van der Waals surface area contributed by atoms with Gasteiger partial charge in [0.2, 0.25) is 5.91 Å². The summed E-state index contributed by atoms with van der Waals surface area (Å²) < 4.78 is 11.2. The van der Waals surface area contributed by atoms with Crippen molar-refractivity contribution in [3.05, 3.63) is 54.1 Å². The first-order valence-corrected chi connectivity index (χ1v) is 10.0. The van der Waals surface area contributed by atoms with Crippen LogP contribution in [0.5, 0.6) is 17.2 Å². The van der Waals surface area contributed by atoms with Gasteiger partial charge in [-0.05, 0) is 57.5 Å². The Balaban J connectivity index is 1.94. The second-order valence-electron chi connectivity index (χ2n) is 7.74. The lowest BCUT2D eigenvalue weighted by Gasteiger charge is -2.21. The van der Waals surface area contributed by atoms with Crippen LogP contribution >= 0.6 is 0 Å². The summed E-state index contributed by atoms with van der Waals surface area (Å²) in [6, 6.07) is 15.2. The molecule has 0 aliphatic rings. The highest BCUT2D eigenvalue weighted by Gasteiger charge is 2.13. The van der Waals surface area contributed by atoms with Crippen LogP contribution in [-0.4, -0.2) is 37.6 Å². The van der Waals surface area contributed by atoms with E-state index in [4.69, 9.17) is 9.47 Å². The van der Waals surface area contributed by atoms with Gasteiger partial charge in [0.1, 0.15) is 5.75 Å². The number of carbonyl (C=O) groups excluding carboxylic acids is 1. The van der Waals surface area contributed by atoms with Crippen LogP contribution in [0, 0.1) is 0 Å². The summed E-state index contributed by atoms with van der Waals surface area (Å²) in [5, 5.41) is 9.12. The maximum Gasteiger partial charge on any atom is 0.239 e. The van der Waals surface area contributed by atoms with E-state index in [1.807, 2.05) is 76.2 Å². The SMILES string of the molecule is CCNC(=NCc1ccc(Oc2ccccc2OC)cc1)NCC(=O)NC(C)(C)C. The molecule has 7 nitrogen and oxygen atoms in total. The lowest BCUT2D eigenvalue weighted by atomic mass is 10.1. The number of guanidine groups is 1. The van der Waals surface area contributed by atoms with Crippen molar-refractivity contribution in [1.82, 2.24) is 16.0 Å². The molecule has 162 valence electrons. The fourth-order valence-corrected chi connectivity index (χ4v) is 2.63. The third-order valence-corrected chi connectivity index (χ3v) is 3.92. The predicted molar refractivity (Wildman–Crippen MR) is 120 cm³/mol. The van der Waals surface area contributed by atoms with Crippen molar-refractivity contribution in [3.63, 3.8) is 0 Å². The first-order chi connectivity index (χ1) is 14.3. The number of nitrogens with zero attached hydrogens (tertiary/aromatic N) is 1. The maximum atomic E-state index is 12.0. The standard InChI is InChI=1S/C23H32N4O3/c1-6-24-22(26-16-21(28)27-23(2,3)4)25-15-17-11-13-18(14-12-17)30-20-10-8-7-9-19(20)29-5/h7-14H,6,15-16H2,1-5H3,(H,27,28)(H2,24,25,26). The molecule has 0 aromatic heterocycles. The zero-order valence-corrected chi connectivity index (χ0v) is 18.4. The molecule has 0 bridgehead atoms. The smallest absolute Gasteiger partial charge is 0.239 e. The number of nitrogens with one attached hydrogen (secondary N) is 3. The highest BCUT2D eigenvalue weighted by molar-refractivity contribution is 5.86. The van der Waals surface area contributed by atoms with Crippen molar-refractivity contribution < 1.29 is 14.3 Å². The lowest BCUT2D eigenvalue weighted by molar-refractivity contribution is -0.121. The third kappa shape index (κ3) is 8.03. The van der Waals surface area contributed by atoms with Crippen LogP contribution in [-0.2, 0) is 11.3 Å².